The molecule has 0 amide bonds. The Morgan fingerprint density at radius 3 is 2.41 bits per heavy atom. The summed E-state index contributed by atoms with van der Waals surface area (Å²) in [5.74, 6) is -0.774. The standard InChI is InChI=1S/C24H30O3/c1-23(2)13-14-24(3,4)20-15-18(10-11-19(20)23)21(25)12-7-16-5-8-17(9-6-16)22(26)27/h5,7-12,15-16,21,25H,6,13-14H2,1-4H3,(H,26,27)/b12-7+. The van der Waals surface area contributed by atoms with Crippen LogP contribution < -0.4 is 0 Å². The van der Waals surface area contributed by atoms with Gasteiger partial charge in [0.15, 0.2) is 0 Å². The topological polar surface area (TPSA) is 57.5 Å². The maximum atomic E-state index is 11.0. The smallest absolute Gasteiger partial charge is 0.335 e. The normalized spacial score (nSPS) is 24.3. The van der Waals surface area contributed by atoms with Gasteiger partial charge in [-0.05, 0) is 52.7 Å². The van der Waals surface area contributed by atoms with Gasteiger partial charge in [-0.3, -0.25) is 0 Å². The summed E-state index contributed by atoms with van der Waals surface area (Å²) in [6, 6.07) is 6.39. The van der Waals surface area contributed by atoms with Crippen LogP contribution in [0.2, 0.25) is 0 Å². The maximum absolute atomic E-state index is 11.0. The van der Waals surface area contributed by atoms with E-state index in [1.807, 2.05) is 24.3 Å². The SMILES string of the molecule is CC1(C)CCC(C)(C)c2cc(C(O)/C=C/C3C=CC(C(=O)O)=CC3)ccc21. The number of aliphatic carboxylic acids is 1. The molecule has 3 nitrogen and oxygen atoms in total. The molecule has 0 aliphatic heterocycles. The van der Waals surface area contributed by atoms with Crippen LogP contribution in [0.5, 0.6) is 0 Å². The van der Waals surface area contributed by atoms with Gasteiger partial charge in [-0.1, -0.05) is 76.3 Å². The van der Waals surface area contributed by atoms with Crippen molar-refractivity contribution >= 4 is 5.97 Å². The molecule has 144 valence electrons. The van der Waals surface area contributed by atoms with E-state index in [9.17, 15) is 9.90 Å². The number of hydrogen-bond donors (Lipinski definition) is 2. The van der Waals surface area contributed by atoms with Crippen LogP contribution >= 0.6 is 0 Å². The molecule has 3 heteroatoms. The van der Waals surface area contributed by atoms with Gasteiger partial charge < -0.3 is 10.2 Å². The first-order chi connectivity index (χ1) is 12.6. The number of rotatable bonds is 4. The van der Waals surface area contributed by atoms with E-state index < -0.39 is 12.1 Å². The van der Waals surface area contributed by atoms with Crippen LogP contribution in [-0.2, 0) is 15.6 Å². The molecular formula is C24H30O3. The van der Waals surface area contributed by atoms with Crippen molar-refractivity contribution in [2.24, 2.45) is 5.92 Å². The molecule has 2 aliphatic carbocycles. The Hall–Kier alpha value is -2.13. The molecule has 2 unspecified atom stereocenters. The Morgan fingerprint density at radius 2 is 1.81 bits per heavy atom. The minimum absolute atomic E-state index is 0.119. The molecule has 0 heterocycles. The number of carboxylic acids is 1. The van der Waals surface area contributed by atoms with Crippen LogP contribution in [0.1, 0.15) is 69.8 Å². The number of benzene rings is 1. The zero-order valence-electron chi connectivity index (χ0n) is 16.7. The van der Waals surface area contributed by atoms with Gasteiger partial charge in [0.25, 0.3) is 0 Å². The van der Waals surface area contributed by atoms with Gasteiger partial charge in [0.1, 0.15) is 0 Å². The fourth-order valence-electron chi connectivity index (χ4n) is 4.09. The lowest BCUT2D eigenvalue weighted by Crippen LogP contribution is -2.33. The molecular weight excluding hydrogens is 336 g/mol. The lowest BCUT2D eigenvalue weighted by atomic mass is 9.63. The molecule has 2 atom stereocenters. The summed E-state index contributed by atoms with van der Waals surface area (Å²) >= 11 is 0. The molecule has 27 heavy (non-hydrogen) atoms. The van der Waals surface area contributed by atoms with Gasteiger partial charge in [0.2, 0.25) is 0 Å². The van der Waals surface area contributed by atoms with E-state index in [0.29, 0.717) is 12.0 Å². The quantitative estimate of drug-likeness (QED) is 0.719. The van der Waals surface area contributed by atoms with Gasteiger partial charge in [-0.2, -0.15) is 0 Å². The number of carbonyl (C=O) groups is 1. The van der Waals surface area contributed by atoms with Crippen molar-refractivity contribution in [1.29, 1.82) is 0 Å². The van der Waals surface area contributed by atoms with Gasteiger partial charge in [-0.15, -0.1) is 0 Å². The molecule has 0 aromatic heterocycles. The molecule has 0 saturated heterocycles. The zero-order valence-corrected chi connectivity index (χ0v) is 16.7. The molecule has 2 N–H and O–H groups in total. The first-order valence-electron chi connectivity index (χ1n) is 9.73. The van der Waals surface area contributed by atoms with Crippen molar-refractivity contribution in [1.82, 2.24) is 0 Å². The lowest BCUT2D eigenvalue weighted by Gasteiger charge is -2.42. The third-order valence-electron chi connectivity index (χ3n) is 6.14. The second-order valence-electron chi connectivity index (χ2n) is 9.13. The van der Waals surface area contributed by atoms with E-state index in [2.05, 4.69) is 39.8 Å². The zero-order chi connectivity index (χ0) is 19.8. The van der Waals surface area contributed by atoms with Crippen LogP contribution in [0.4, 0.5) is 0 Å². The summed E-state index contributed by atoms with van der Waals surface area (Å²) in [6.45, 7) is 9.16. The van der Waals surface area contributed by atoms with Gasteiger partial charge in [0, 0.05) is 0 Å². The van der Waals surface area contributed by atoms with Crippen LogP contribution in [0.25, 0.3) is 0 Å². The summed E-state index contributed by atoms with van der Waals surface area (Å²) in [5, 5.41) is 19.7. The number of fused-ring (bicyclic) bond motifs is 1. The highest BCUT2D eigenvalue weighted by molar-refractivity contribution is 5.90. The average molecular weight is 367 g/mol. The minimum Gasteiger partial charge on any atom is -0.478 e. The highest BCUT2D eigenvalue weighted by Gasteiger charge is 2.37. The molecule has 0 spiro atoms. The fraction of sp³-hybridized carbons (Fsp3) is 0.458. The van der Waals surface area contributed by atoms with E-state index in [1.165, 1.54) is 17.5 Å². The molecule has 0 fully saturated rings. The van der Waals surface area contributed by atoms with E-state index in [0.717, 1.165) is 12.0 Å². The van der Waals surface area contributed by atoms with Crippen molar-refractivity contribution in [3.63, 3.8) is 0 Å². The van der Waals surface area contributed by atoms with Crippen molar-refractivity contribution in [3.05, 3.63) is 70.8 Å². The summed E-state index contributed by atoms with van der Waals surface area (Å²) in [4.78, 5) is 11.0. The van der Waals surface area contributed by atoms with Crippen LogP contribution in [0.3, 0.4) is 0 Å². The molecule has 1 aromatic rings. The van der Waals surface area contributed by atoms with Gasteiger partial charge in [0.05, 0.1) is 11.7 Å². The summed E-state index contributed by atoms with van der Waals surface area (Å²) in [6.07, 6.45) is 11.3. The van der Waals surface area contributed by atoms with Crippen molar-refractivity contribution in [3.8, 4) is 0 Å². The Kier molecular flexibility index (Phi) is 5.18. The molecule has 3 rings (SSSR count). The van der Waals surface area contributed by atoms with Crippen molar-refractivity contribution < 1.29 is 15.0 Å². The Balaban J connectivity index is 1.78. The second-order valence-corrected chi connectivity index (χ2v) is 9.13. The summed E-state index contributed by atoms with van der Waals surface area (Å²) in [5.41, 5.74) is 4.27. The van der Waals surface area contributed by atoms with E-state index in [4.69, 9.17) is 5.11 Å². The Bertz CT molecular complexity index is 824. The van der Waals surface area contributed by atoms with E-state index in [-0.39, 0.29) is 16.7 Å². The first kappa shape index (κ1) is 19.6. The minimum atomic E-state index is -0.895. The number of carboxylic acid groups (broad SMARTS) is 1. The van der Waals surface area contributed by atoms with Crippen LogP contribution in [0.15, 0.2) is 54.2 Å². The first-order valence-corrected chi connectivity index (χ1v) is 9.73. The molecule has 0 bridgehead atoms. The molecule has 0 saturated carbocycles. The van der Waals surface area contributed by atoms with E-state index in [1.54, 1.807) is 12.2 Å². The summed E-state index contributed by atoms with van der Waals surface area (Å²) in [7, 11) is 0. The third-order valence-corrected chi connectivity index (χ3v) is 6.14. The second kappa shape index (κ2) is 7.12. The number of hydrogen-bond acceptors (Lipinski definition) is 2. The van der Waals surface area contributed by atoms with Crippen molar-refractivity contribution in [2.75, 3.05) is 0 Å². The molecule has 0 radical (unpaired) electrons. The number of allylic oxidation sites excluding steroid dienone is 3. The largest absolute Gasteiger partial charge is 0.478 e. The van der Waals surface area contributed by atoms with Gasteiger partial charge >= 0.3 is 5.97 Å². The lowest BCUT2D eigenvalue weighted by molar-refractivity contribution is -0.132. The Labute approximate surface area is 162 Å². The maximum Gasteiger partial charge on any atom is 0.335 e. The highest BCUT2D eigenvalue weighted by Crippen LogP contribution is 2.46. The average Bonchev–Trinajstić information content (AvgIpc) is 2.63. The van der Waals surface area contributed by atoms with E-state index >= 15 is 0 Å². The van der Waals surface area contributed by atoms with Gasteiger partial charge in [-0.25, -0.2) is 4.79 Å². The van der Waals surface area contributed by atoms with Crippen LogP contribution in [-0.4, -0.2) is 16.2 Å². The molecule has 1 aromatic carbocycles. The fourth-order valence-corrected chi connectivity index (χ4v) is 4.09. The molecule has 2 aliphatic rings. The third kappa shape index (κ3) is 4.08. The summed E-state index contributed by atoms with van der Waals surface area (Å²) < 4.78 is 0. The Morgan fingerprint density at radius 1 is 1.15 bits per heavy atom. The predicted octanol–water partition coefficient (Wildman–Crippen LogP) is 5.21. The van der Waals surface area contributed by atoms with Crippen molar-refractivity contribution in [2.45, 2.75) is 63.9 Å². The number of aliphatic hydroxyl groups is 1. The predicted molar refractivity (Wildman–Crippen MR) is 109 cm³/mol. The highest BCUT2D eigenvalue weighted by atomic mass is 16.4. The number of aliphatic hydroxyl groups excluding tert-OH is 1. The monoisotopic (exact) mass is 366 g/mol. The van der Waals surface area contributed by atoms with Crippen LogP contribution in [0, 0.1) is 5.92 Å².